The summed E-state index contributed by atoms with van der Waals surface area (Å²) in [5.74, 6) is 0.762. The summed E-state index contributed by atoms with van der Waals surface area (Å²) in [5, 5.41) is 0. The van der Waals surface area contributed by atoms with Crippen LogP contribution in [0.25, 0.3) is 0 Å². The van der Waals surface area contributed by atoms with Crippen molar-refractivity contribution in [2.24, 2.45) is 5.73 Å². The summed E-state index contributed by atoms with van der Waals surface area (Å²) < 4.78 is 28.4. The Hall–Kier alpha value is -1.85. The fourth-order valence-corrected chi connectivity index (χ4v) is 2.58. The molecule has 0 spiro atoms. The third-order valence-electron chi connectivity index (χ3n) is 2.34. The standard InChI is InChI=1S/C14H17N2O4P/c15-11-12-16-20-21(17,18-13-7-3-1-4-8-13)19-14-9-5-2-6-10-14/h1-10,16H,11-12,15H2. The number of phosphoric ester groups is 1. The number of phosphoric acid groups is 1. The lowest BCUT2D eigenvalue weighted by Gasteiger charge is -2.18. The lowest BCUT2D eigenvalue weighted by Crippen LogP contribution is -2.23. The van der Waals surface area contributed by atoms with Gasteiger partial charge in [0.2, 0.25) is 0 Å². The molecular weight excluding hydrogens is 291 g/mol. The third kappa shape index (κ3) is 5.21. The van der Waals surface area contributed by atoms with Crippen LogP contribution >= 0.6 is 7.82 Å². The van der Waals surface area contributed by atoms with Crippen molar-refractivity contribution < 1.29 is 18.2 Å². The van der Waals surface area contributed by atoms with E-state index in [1.807, 2.05) is 12.1 Å². The van der Waals surface area contributed by atoms with Gasteiger partial charge in [-0.2, -0.15) is 10.1 Å². The van der Waals surface area contributed by atoms with Crippen LogP contribution in [-0.2, 0) is 9.19 Å². The first-order chi connectivity index (χ1) is 10.2. The maximum atomic E-state index is 12.7. The average molecular weight is 308 g/mol. The second-order valence-corrected chi connectivity index (χ2v) is 5.47. The van der Waals surface area contributed by atoms with Gasteiger partial charge in [-0.05, 0) is 24.3 Å². The molecule has 2 aromatic carbocycles. The van der Waals surface area contributed by atoms with Gasteiger partial charge in [0.05, 0.1) is 0 Å². The summed E-state index contributed by atoms with van der Waals surface area (Å²) in [6, 6.07) is 17.3. The predicted octanol–water partition coefficient (Wildman–Crippen LogP) is 2.73. The van der Waals surface area contributed by atoms with Crippen LogP contribution in [0.4, 0.5) is 0 Å². The van der Waals surface area contributed by atoms with E-state index in [4.69, 9.17) is 19.4 Å². The molecule has 0 aromatic heterocycles. The number of nitrogens with one attached hydrogen (secondary N) is 1. The van der Waals surface area contributed by atoms with Gasteiger partial charge in [0.15, 0.2) is 0 Å². The van der Waals surface area contributed by atoms with Gasteiger partial charge in [0.25, 0.3) is 0 Å². The van der Waals surface area contributed by atoms with E-state index in [-0.39, 0.29) is 0 Å². The van der Waals surface area contributed by atoms with Crippen LogP contribution in [0.2, 0.25) is 0 Å². The van der Waals surface area contributed by atoms with Crippen molar-refractivity contribution in [1.82, 2.24) is 5.48 Å². The highest BCUT2D eigenvalue weighted by Gasteiger charge is 2.31. The van der Waals surface area contributed by atoms with Crippen molar-refractivity contribution in [2.45, 2.75) is 0 Å². The number of benzene rings is 2. The molecule has 0 saturated carbocycles. The van der Waals surface area contributed by atoms with E-state index >= 15 is 0 Å². The Morgan fingerprint density at radius 3 is 1.81 bits per heavy atom. The van der Waals surface area contributed by atoms with E-state index < -0.39 is 7.82 Å². The summed E-state index contributed by atoms with van der Waals surface area (Å²) in [6.07, 6.45) is 0. The van der Waals surface area contributed by atoms with Crippen LogP contribution in [0.15, 0.2) is 60.7 Å². The van der Waals surface area contributed by atoms with Gasteiger partial charge in [-0.15, -0.1) is 0 Å². The second kappa shape index (κ2) is 7.81. The third-order valence-corrected chi connectivity index (χ3v) is 3.57. The smallest absolute Gasteiger partial charge is 0.394 e. The minimum Gasteiger partial charge on any atom is -0.394 e. The number of para-hydroxylation sites is 2. The number of rotatable bonds is 8. The fraction of sp³-hybridized carbons (Fsp3) is 0.143. The van der Waals surface area contributed by atoms with Crippen molar-refractivity contribution in [3.05, 3.63) is 60.7 Å². The minimum atomic E-state index is -3.86. The molecule has 0 radical (unpaired) electrons. The van der Waals surface area contributed by atoms with Gasteiger partial charge in [-0.3, -0.25) is 0 Å². The molecule has 0 fully saturated rings. The molecule has 112 valence electrons. The van der Waals surface area contributed by atoms with Crippen molar-refractivity contribution in [3.8, 4) is 11.5 Å². The highest BCUT2D eigenvalue weighted by atomic mass is 31.2. The average Bonchev–Trinajstić information content (AvgIpc) is 2.49. The van der Waals surface area contributed by atoms with Crippen molar-refractivity contribution in [1.29, 1.82) is 0 Å². The van der Waals surface area contributed by atoms with E-state index in [1.165, 1.54) is 0 Å². The molecule has 0 aliphatic rings. The molecule has 21 heavy (non-hydrogen) atoms. The van der Waals surface area contributed by atoms with Crippen LogP contribution in [0.1, 0.15) is 0 Å². The zero-order chi connectivity index (χ0) is 15.0. The summed E-state index contributed by atoms with van der Waals surface area (Å²) in [6.45, 7) is 0.650. The number of hydrogen-bond acceptors (Lipinski definition) is 6. The molecule has 0 aliphatic heterocycles. The lowest BCUT2D eigenvalue weighted by atomic mass is 10.3. The summed E-state index contributed by atoms with van der Waals surface area (Å²) in [7, 11) is -3.86. The SMILES string of the molecule is NCCNOP(=O)(Oc1ccccc1)Oc1ccccc1. The van der Waals surface area contributed by atoms with E-state index in [1.54, 1.807) is 48.5 Å². The first-order valence-corrected chi connectivity index (χ1v) is 7.89. The zero-order valence-electron chi connectivity index (χ0n) is 11.3. The predicted molar refractivity (Wildman–Crippen MR) is 79.9 cm³/mol. The largest absolute Gasteiger partial charge is 0.604 e. The van der Waals surface area contributed by atoms with Gasteiger partial charge in [-0.1, -0.05) is 36.4 Å². The maximum absolute atomic E-state index is 12.7. The Balaban J connectivity index is 2.11. The van der Waals surface area contributed by atoms with Gasteiger partial charge in [-0.25, -0.2) is 4.57 Å². The highest BCUT2D eigenvalue weighted by Crippen LogP contribution is 2.48. The number of nitrogens with two attached hydrogens (primary N) is 1. The molecule has 0 bridgehead atoms. The van der Waals surface area contributed by atoms with E-state index in [9.17, 15) is 4.57 Å². The molecule has 0 aliphatic carbocycles. The van der Waals surface area contributed by atoms with Crippen molar-refractivity contribution in [2.75, 3.05) is 13.1 Å². The van der Waals surface area contributed by atoms with E-state index in [2.05, 4.69) is 5.48 Å². The topological polar surface area (TPSA) is 82.8 Å². The minimum absolute atomic E-state index is 0.320. The maximum Gasteiger partial charge on any atom is 0.604 e. The quantitative estimate of drug-likeness (QED) is 0.443. The van der Waals surface area contributed by atoms with Crippen LogP contribution in [0.5, 0.6) is 11.5 Å². The van der Waals surface area contributed by atoms with Crippen LogP contribution in [-0.4, -0.2) is 13.1 Å². The molecule has 2 aromatic rings. The van der Waals surface area contributed by atoms with Gasteiger partial charge >= 0.3 is 7.82 Å². The Kier molecular flexibility index (Phi) is 5.78. The molecule has 6 nitrogen and oxygen atoms in total. The zero-order valence-corrected chi connectivity index (χ0v) is 12.2. The first kappa shape index (κ1) is 15.5. The Morgan fingerprint density at radius 2 is 1.38 bits per heavy atom. The van der Waals surface area contributed by atoms with Crippen molar-refractivity contribution in [3.63, 3.8) is 0 Å². The molecule has 0 amide bonds. The molecule has 3 N–H and O–H groups in total. The fourth-order valence-electron chi connectivity index (χ4n) is 1.46. The lowest BCUT2D eigenvalue weighted by molar-refractivity contribution is 0.136. The summed E-state index contributed by atoms with van der Waals surface area (Å²) in [5.41, 5.74) is 7.83. The molecule has 0 saturated heterocycles. The van der Waals surface area contributed by atoms with Crippen LogP contribution in [0.3, 0.4) is 0 Å². The van der Waals surface area contributed by atoms with Gasteiger partial charge in [0, 0.05) is 13.1 Å². The van der Waals surface area contributed by atoms with Gasteiger partial charge in [0.1, 0.15) is 11.5 Å². The Morgan fingerprint density at radius 1 is 0.905 bits per heavy atom. The summed E-state index contributed by atoms with van der Waals surface area (Å²) >= 11 is 0. The normalized spacial score (nSPS) is 11.1. The first-order valence-electron chi connectivity index (χ1n) is 6.43. The Labute approximate surface area is 123 Å². The van der Waals surface area contributed by atoms with Crippen LogP contribution < -0.4 is 20.3 Å². The number of hydroxylamine groups is 1. The van der Waals surface area contributed by atoms with Crippen LogP contribution in [0, 0.1) is 0 Å². The van der Waals surface area contributed by atoms with E-state index in [0.29, 0.717) is 24.6 Å². The number of hydrogen-bond donors (Lipinski definition) is 2. The molecule has 2 rings (SSSR count). The second-order valence-electron chi connectivity index (χ2n) is 4.03. The molecular formula is C14H17N2O4P. The summed E-state index contributed by atoms with van der Waals surface area (Å²) in [4.78, 5) is 0. The monoisotopic (exact) mass is 308 g/mol. The molecule has 0 unspecified atom stereocenters. The highest BCUT2D eigenvalue weighted by molar-refractivity contribution is 7.49. The Bertz CT molecular complexity index is 535. The van der Waals surface area contributed by atoms with Crippen molar-refractivity contribution >= 4 is 7.82 Å². The molecule has 7 heteroatoms. The molecule has 0 heterocycles. The van der Waals surface area contributed by atoms with Gasteiger partial charge < -0.3 is 14.8 Å². The van der Waals surface area contributed by atoms with E-state index in [0.717, 1.165) is 0 Å². The molecule has 0 atom stereocenters.